The summed E-state index contributed by atoms with van der Waals surface area (Å²) in [5.74, 6) is -0.0529. The van der Waals surface area contributed by atoms with E-state index in [1.807, 2.05) is 50.1 Å². The zero-order valence-electron chi connectivity index (χ0n) is 15.0. The second-order valence-electron chi connectivity index (χ2n) is 6.44. The third kappa shape index (κ3) is 4.55. The van der Waals surface area contributed by atoms with Crippen LogP contribution >= 0.6 is 0 Å². The molecule has 132 valence electrons. The van der Waals surface area contributed by atoms with Crippen LogP contribution in [0.4, 0.5) is 5.69 Å². The lowest BCUT2D eigenvalue weighted by Crippen LogP contribution is -2.58. The van der Waals surface area contributed by atoms with E-state index in [4.69, 9.17) is 4.74 Å². The highest BCUT2D eigenvalue weighted by atomic mass is 16.5. The molecule has 1 aromatic rings. The Bertz CT molecular complexity index is 573. The second kappa shape index (κ2) is 8.26. The Morgan fingerprint density at radius 2 is 2.00 bits per heavy atom. The Morgan fingerprint density at radius 1 is 1.33 bits per heavy atom. The van der Waals surface area contributed by atoms with Gasteiger partial charge in [-0.3, -0.25) is 14.5 Å². The first-order valence-corrected chi connectivity index (χ1v) is 8.26. The lowest BCUT2D eigenvalue weighted by molar-refractivity contribution is -0.140. The van der Waals surface area contributed by atoms with Crippen molar-refractivity contribution in [1.29, 1.82) is 0 Å². The third-order valence-electron chi connectivity index (χ3n) is 4.33. The number of rotatable bonds is 6. The highest BCUT2D eigenvalue weighted by Crippen LogP contribution is 2.20. The molecule has 24 heavy (non-hydrogen) atoms. The first-order valence-electron chi connectivity index (χ1n) is 8.26. The van der Waals surface area contributed by atoms with Crippen LogP contribution < -0.4 is 4.90 Å². The number of likely N-dealkylation sites (N-methyl/N-ethyl adjacent to an activating group) is 1. The predicted octanol–water partition coefficient (Wildman–Crippen LogP) is 1.14. The number of amides is 2. The highest BCUT2D eigenvalue weighted by Gasteiger charge is 2.33. The van der Waals surface area contributed by atoms with E-state index in [-0.39, 0.29) is 24.4 Å². The first-order chi connectivity index (χ1) is 11.4. The van der Waals surface area contributed by atoms with Crippen LogP contribution in [0.3, 0.4) is 0 Å². The van der Waals surface area contributed by atoms with Gasteiger partial charge in [0.15, 0.2) is 0 Å². The van der Waals surface area contributed by atoms with Crippen molar-refractivity contribution in [3.63, 3.8) is 0 Å². The summed E-state index contributed by atoms with van der Waals surface area (Å²) in [5, 5.41) is 0. The minimum absolute atomic E-state index is 0.00710. The van der Waals surface area contributed by atoms with E-state index < -0.39 is 0 Å². The molecule has 0 aliphatic carbocycles. The fourth-order valence-corrected chi connectivity index (χ4v) is 2.81. The van der Waals surface area contributed by atoms with E-state index >= 15 is 0 Å². The SMILES string of the molecule is COCCN(C)CC(=O)N1CC(=O)N(c2ccc(C)cc2)CC1C. The van der Waals surface area contributed by atoms with Gasteiger partial charge in [-0.05, 0) is 33.0 Å². The molecular weight excluding hydrogens is 306 g/mol. The van der Waals surface area contributed by atoms with Crippen molar-refractivity contribution in [2.45, 2.75) is 19.9 Å². The van der Waals surface area contributed by atoms with Gasteiger partial charge < -0.3 is 14.5 Å². The maximum atomic E-state index is 12.5. The summed E-state index contributed by atoms with van der Waals surface area (Å²) in [7, 11) is 3.52. The van der Waals surface area contributed by atoms with Crippen molar-refractivity contribution >= 4 is 17.5 Å². The number of anilines is 1. The zero-order chi connectivity index (χ0) is 17.7. The van der Waals surface area contributed by atoms with Gasteiger partial charge in [-0.15, -0.1) is 0 Å². The van der Waals surface area contributed by atoms with Crippen LogP contribution in [0, 0.1) is 6.92 Å². The molecule has 0 saturated carbocycles. The largest absolute Gasteiger partial charge is 0.383 e. The molecule has 1 aromatic carbocycles. The first kappa shape index (κ1) is 18.4. The summed E-state index contributed by atoms with van der Waals surface area (Å²) in [6.45, 7) is 6.23. The van der Waals surface area contributed by atoms with Gasteiger partial charge in [-0.1, -0.05) is 17.7 Å². The zero-order valence-corrected chi connectivity index (χ0v) is 15.0. The van der Waals surface area contributed by atoms with Gasteiger partial charge in [0.1, 0.15) is 6.54 Å². The summed E-state index contributed by atoms with van der Waals surface area (Å²) >= 11 is 0. The Kier molecular flexibility index (Phi) is 6.34. The van der Waals surface area contributed by atoms with E-state index in [1.54, 1.807) is 16.9 Å². The lowest BCUT2D eigenvalue weighted by Gasteiger charge is -2.40. The molecule has 6 heteroatoms. The molecule has 1 aliphatic heterocycles. The second-order valence-corrected chi connectivity index (χ2v) is 6.44. The Hall–Kier alpha value is -1.92. The Labute approximate surface area is 144 Å². The average Bonchev–Trinajstić information content (AvgIpc) is 2.55. The summed E-state index contributed by atoms with van der Waals surface area (Å²) < 4.78 is 5.02. The monoisotopic (exact) mass is 333 g/mol. The predicted molar refractivity (Wildman–Crippen MR) is 94.1 cm³/mol. The van der Waals surface area contributed by atoms with Crippen LogP contribution in [-0.2, 0) is 14.3 Å². The number of carbonyl (C=O) groups is 2. The molecular formula is C18H27N3O3. The summed E-state index contributed by atoms with van der Waals surface area (Å²) in [6.07, 6.45) is 0. The minimum atomic E-state index is -0.0372. The summed E-state index contributed by atoms with van der Waals surface area (Å²) in [5.41, 5.74) is 2.05. The molecule has 1 saturated heterocycles. The van der Waals surface area contributed by atoms with Gasteiger partial charge in [-0.25, -0.2) is 0 Å². The molecule has 0 spiro atoms. The number of benzene rings is 1. The molecule has 6 nitrogen and oxygen atoms in total. The van der Waals surface area contributed by atoms with Gasteiger partial charge >= 0.3 is 0 Å². The van der Waals surface area contributed by atoms with E-state index in [0.717, 1.165) is 11.3 Å². The van der Waals surface area contributed by atoms with Crippen molar-refractivity contribution in [2.75, 3.05) is 51.8 Å². The highest BCUT2D eigenvalue weighted by molar-refractivity contribution is 5.98. The molecule has 1 atom stereocenters. The lowest BCUT2D eigenvalue weighted by atomic mass is 10.1. The number of piperazine rings is 1. The quantitative estimate of drug-likeness (QED) is 0.783. The van der Waals surface area contributed by atoms with Crippen molar-refractivity contribution in [2.24, 2.45) is 0 Å². The van der Waals surface area contributed by atoms with Crippen LogP contribution in [0.1, 0.15) is 12.5 Å². The number of methoxy groups -OCH3 is 1. The molecule has 0 bridgehead atoms. The number of hydrogen-bond donors (Lipinski definition) is 0. The maximum Gasteiger partial charge on any atom is 0.246 e. The fraction of sp³-hybridized carbons (Fsp3) is 0.556. The number of aryl methyl sites for hydroxylation is 1. The van der Waals surface area contributed by atoms with Crippen molar-refractivity contribution < 1.29 is 14.3 Å². The maximum absolute atomic E-state index is 12.5. The molecule has 1 aliphatic rings. The normalized spacial score (nSPS) is 18.4. The van der Waals surface area contributed by atoms with Crippen molar-refractivity contribution in [3.8, 4) is 0 Å². The molecule has 1 unspecified atom stereocenters. The Balaban J connectivity index is 1.98. The van der Waals surface area contributed by atoms with E-state index in [2.05, 4.69) is 0 Å². The average molecular weight is 333 g/mol. The van der Waals surface area contributed by atoms with E-state index in [0.29, 0.717) is 26.2 Å². The van der Waals surface area contributed by atoms with Crippen molar-refractivity contribution in [3.05, 3.63) is 29.8 Å². The van der Waals surface area contributed by atoms with E-state index in [9.17, 15) is 9.59 Å². The molecule has 0 N–H and O–H groups in total. The van der Waals surface area contributed by atoms with Gasteiger partial charge in [0, 0.05) is 31.9 Å². The number of carbonyl (C=O) groups excluding carboxylic acids is 2. The standard InChI is InChI=1S/C18H27N3O3/c1-14-5-7-16(8-6-14)21-11-15(2)20(13-18(21)23)17(22)12-19(3)9-10-24-4/h5-8,15H,9-13H2,1-4H3. The smallest absolute Gasteiger partial charge is 0.246 e. The molecule has 0 aromatic heterocycles. The van der Waals surface area contributed by atoms with Gasteiger partial charge in [0.25, 0.3) is 0 Å². The fourth-order valence-electron chi connectivity index (χ4n) is 2.81. The molecule has 1 heterocycles. The van der Waals surface area contributed by atoms with Crippen molar-refractivity contribution in [1.82, 2.24) is 9.80 Å². The van der Waals surface area contributed by atoms with Gasteiger partial charge in [0.05, 0.1) is 13.2 Å². The van der Waals surface area contributed by atoms with Crippen LogP contribution in [0.5, 0.6) is 0 Å². The van der Waals surface area contributed by atoms with Crippen LogP contribution in [-0.4, -0.2) is 74.6 Å². The molecule has 1 fully saturated rings. The molecule has 2 amide bonds. The number of nitrogens with zero attached hydrogens (tertiary/aromatic N) is 3. The molecule has 2 rings (SSSR count). The van der Waals surface area contributed by atoms with Gasteiger partial charge in [-0.2, -0.15) is 0 Å². The number of ether oxygens (including phenoxy) is 1. The topological polar surface area (TPSA) is 53.1 Å². The van der Waals surface area contributed by atoms with Crippen LogP contribution in [0.15, 0.2) is 24.3 Å². The molecule has 0 radical (unpaired) electrons. The van der Waals surface area contributed by atoms with Gasteiger partial charge in [0.2, 0.25) is 11.8 Å². The minimum Gasteiger partial charge on any atom is -0.383 e. The Morgan fingerprint density at radius 3 is 2.62 bits per heavy atom. The summed E-state index contributed by atoms with van der Waals surface area (Å²) in [4.78, 5) is 30.3. The van der Waals surface area contributed by atoms with Crippen LogP contribution in [0.2, 0.25) is 0 Å². The van der Waals surface area contributed by atoms with E-state index in [1.165, 1.54) is 0 Å². The third-order valence-corrected chi connectivity index (χ3v) is 4.33. The summed E-state index contributed by atoms with van der Waals surface area (Å²) in [6, 6.07) is 7.89. The number of hydrogen-bond acceptors (Lipinski definition) is 4. The van der Waals surface area contributed by atoms with Crippen LogP contribution in [0.25, 0.3) is 0 Å².